The van der Waals surface area contributed by atoms with Crippen LogP contribution in [-0.4, -0.2) is 8.07 Å². The van der Waals surface area contributed by atoms with Crippen molar-refractivity contribution >= 4 is 80.0 Å². The van der Waals surface area contributed by atoms with E-state index >= 15 is 0 Å². The first-order valence-electron chi connectivity index (χ1n) is 23.3. The second-order valence-electron chi connectivity index (χ2n) is 17.9. The Morgan fingerprint density at radius 3 is 1.52 bits per heavy atom. The van der Waals surface area contributed by atoms with Gasteiger partial charge in [0.05, 0.1) is 0 Å². The molecule has 0 saturated carbocycles. The van der Waals surface area contributed by atoms with Gasteiger partial charge in [-0.15, -0.1) is 0 Å². The SMILES string of the molecule is C1=c2cccc3c2=c2c(cc(N(c4ccc(-c5ccc([Si](c6ccccc6)(c6ccccc6)c6ccccc6)cc5)cc4)c4ccc(-c5cccc6c5oc5ccccc56)cc4)cc2=CC3)C1. The van der Waals surface area contributed by atoms with Crippen molar-refractivity contribution < 1.29 is 4.42 Å². The predicted molar refractivity (Wildman–Crippen MR) is 283 cm³/mol. The fourth-order valence-electron chi connectivity index (χ4n) is 11.2. The highest BCUT2D eigenvalue weighted by Crippen LogP contribution is 2.40. The second kappa shape index (κ2) is 16.0. The number of para-hydroxylation sites is 2. The van der Waals surface area contributed by atoms with E-state index < -0.39 is 8.07 Å². The first-order valence-corrected chi connectivity index (χ1v) is 25.3. The number of anilines is 3. The minimum absolute atomic E-state index is 0.909. The molecule has 0 bridgehead atoms. The van der Waals surface area contributed by atoms with Gasteiger partial charge in [-0.05, 0) is 125 Å². The molecule has 1 aromatic heterocycles. The first-order chi connectivity index (χ1) is 33.2. The van der Waals surface area contributed by atoms with Crippen LogP contribution < -0.4 is 36.1 Å². The van der Waals surface area contributed by atoms with Crippen LogP contribution in [0.1, 0.15) is 11.1 Å². The van der Waals surface area contributed by atoms with E-state index in [-0.39, 0.29) is 0 Å². The van der Waals surface area contributed by atoms with Crippen LogP contribution in [0.4, 0.5) is 17.1 Å². The van der Waals surface area contributed by atoms with Gasteiger partial charge in [-0.2, -0.15) is 0 Å². The smallest absolute Gasteiger partial charge is 0.179 e. The predicted octanol–water partition coefficient (Wildman–Crippen LogP) is 11.7. The summed E-state index contributed by atoms with van der Waals surface area (Å²) in [6.45, 7) is 0. The van der Waals surface area contributed by atoms with Gasteiger partial charge >= 0.3 is 0 Å². The van der Waals surface area contributed by atoms with Crippen molar-refractivity contribution in [3.05, 3.63) is 269 Å². The summed E-state index contributed by atoms with van der Waals surface area (Å²) >= 11 is 0. The summed E-state index contributed by atoms with van der Waals surface area (Å²) in [6, 6.07) is 87.4. The van der Waals surface area contributed by atoms with Gasteiger partial charge in [-0.25, -0.2) is 0 Å². The molecule has 2 nitrogen and oxygen atoms in total. The third kappa shape index (κ3) is 6.46. The summed E-state index contributed by atoms with van der Waals surface area (Å²) in [5.74, 6) is 0. The van der Waals surface area contributed by atoms with Crippen molar-refractivity contribution in [1.82, 2.24) is 0 Å². The largest absolute Gasteiger partial charge is 0.455 e. The maximum absolute atomic E-state index is 6.48. The number of nitrogens with zero attached hydrogens (tertiary/aromatic N) is 1. The minimum atomic E-state index is -2.62. The molecule has 11 aromatic rings. The lowest BCUT2D eigenvalue weighted by Crippen LogP contribution is -2.74. The van der Waals surface area contributed by atoms with Crippen LogP contribution >= 0.6 is 0 Å². The van der Waals surface area contributed by atoms with E-state index in [4.69, 9.17) is 4.42 Å². The number of furan rings is 1. The summed E-state index contributed by atoms with van der Waals surface area (Å²) < 4.78 is 6.48. The van der Waals surface area contributed by atoms with E-state index in [0.717, 1.165) is 63.0 Å². The van der Waals surface area contributed by atoms with E-state index in [2.05, 4.69) is 248 Å². The zero-order chi connectivity index (χ0) is 44.3. The molecule has 316 valence electrons. The minimum Gasteiger partial charge on any atom is -0.455 e. The second-order valence-corrected chi connectivity index (χ2v) is 21.7. The Kier molecular flexibility index (Phi) is 9.36. The fraction of sp³-hybridized carbons (Fsp3) is 0.0312. The van der Waals surface area contributed by atoms with Gasteiger partial charge in [0, 0.05) is 33.4 Å². The van der Waals surface area contributed by atoms with Gasteiger partial charge in [0.15, 0.2) is 8.07 Å². The van der Waals surface area contributed by atoms with Gasteiger partial charge in [-0.1, -0.05) is 206 Å². The van der Waals surface area contributed by atoms with Crippen LogP contribution in [-0.2, 0) is 12.8 Å². The van der Waals surface area contributed by atoms with Crippen molar-refractivity contribution in [2.24, 2.45) is 0 Å². The standard InChI is InChI=1S/C64H45NOSi/c1-4-16-54(17-5-1)67(55-18-6-2-7-19-55,56-20-8-3-9-21-56)57-40-34-45(35-41-57)44-30-36-51(37-31-44)65(53-42-49-28-26-47-14-12-15-48-27-29-50(43-53)63(49)62(47)48)52-38-32-46(33-39-52)58-23-13-24-60-59-22-10-11-25-61(59)66-64(58)60/h1-26,29-43H,27-28H2. The van der Waals surface area contributed by atoms with E-state index in [1.807, 2.05) is 6.07 Å². The molecule has 10 aromatic carbocycles. The molecule has 0 aliphatic heterocycles. The molecule has 1 heterocycles. The Labute approximate surface area is 391 Å². The molecule has 2 aliphatic rings. The van der Waals surface area contributed by atoms with Crippen molar-refractivity contribution in [2.75, 3.05) is 4.90 Å². The van der Waals surface area contributed by atoms with Crippen LogP contribution in [0, 0.1) is 10.4 Å². The van der Waals surface area contributed by atoms with E-state index in [1.165, 1.54) is 63.9 Å². The summed E-state index contributed by atoms with van der Waals surface area (Å²) in [6.07, 6.45) is 6.68. The highest BCUT2D eigenvalue weighted by atomic mass is 28.3. The van der Waals surface area contributed by atoms with Crippen molar-refractivity contribution in [1.29, 1.82) is 0 Å². The molecule has 0 saturated heterocycles. The monoisotopic (exact) mass is 871 g/mol. The number of hydrogen-bond acceptors (Lipinski definition) is 2. The third-order valence-electron chi connectivity index (χ3n) is 14.2. The molecule has 2 aliphatic carbocycles. The van der Waals surface area contributed by atoms with E-state index in [9.17, 15) is 0 Å². The molecule has 0 radical (unpaired) electrons. The van der Waals surface area contributed by atoms with Crippen molar-refractivity contribution in [2.45, 2.75) is 12.8 Å². The molecular weight excluding hydrogens is 827 g/mol. The van der Waals surface area contributed by atoms with Gasteiger partial charge in [0.25, 0.3) is 0 Å². The Morgan fingerprint density at radius 1 is 0.358 bits per heavy atom. The molecule has 3 heteroatoms. The summed E-state index contributed by atoms with van der Waals surface area (Å²) in [7, 11) is -2.62. The normalized spacial score (nSPS) is 12.6. The summed E-state index contributed by atoms with van der Waals surface area (Å²) in [5.41, 5.74) is 12.6. The molecular formula is C64H45NOSi. The lowest BCUT2D eigenvalue weighted by atomic mass is 9.90. The zero-order valence-corrected chi connectivity index (χ0v) is 37.9. The first kappa shape index (κ1) is 39.1. The number of fused-ring (bicyclic) bond motifs is 3. The van der Waals surface area contributed by atoms with Crippen molar-refractivity contribution in [3.8, 4) is 22.3 Å². The van der Waals surface area contributed by atoms with Crippen LogP contribution in [0.3, 0.4) is 0 Å². The van der Waals surface area contributed by atoms with Crippen molar-refractivity contribution in [3.63, 3.8) is 0 Å². The average molecular weight is 872 g/mol. The Balaban J connectivity index is 0.913. The Bertz CT molecular complexity index is 3790. The molecule has 0 atom stereocenters. The molecule has 67 heavy (non-hydrogen) atoms. The van der Waals surface area contributed by atoms with Crippen LogP contribution in [0.5, 0.6) is 0 Å². The molecule has 0 spiro atoms. The summed E-state index contributed by atoms with van der Waals surface area (Å²) in [4.78, 5) is 2.43. The molecule has 13 rings (SSSR count). The maximum atomic E-state index is 6.48. The van der Waals surface area contributed by atoms with Gasteiger partial charge in [0.2, 0.25) is 0 Å². The van der Waals surface area contributed by atoms with Gasteiger partial charge in [-0.3, -0.25) is 0 Å². The van der Waals surface area contributed by atoms with Gasteiger partial charge < -0.3 is 9.32 Å². The highest BCUT2D eigenvalue weighted by Gasteiger charge is 2.41. The van der Waals surface area contributed by atoms with Crippen LogP contribution in [0.2, 0.25) is 0 Å². The van der Waals surface area contributed by atoms with Gasteiger partial charge in [0.1, 0.15) is 11.2 Å². The highest BCUT2D eigenvalue weighted by molar-refractivity contribution is 7.19. The number of benzene rings is 10. The summed E-state index contributed by atoms with van der Waals surface area (Å²) in [5, 5.41) is 13.3. The lowest BCUT2D eigenvalue weighted by molar-refractivity contribution is 0.670. The molecule has 0 N–H and O–H groups in total. The Hall–Kier alpha value is -8.24. The van der Waals surface area contributed by atoms with Crippen LogP contribution in [0.25, 0.3) is 56.3 Å². The average Bonchev–Trinajstić information content (AvgIpc) is 3.79. The quantitative estimate of drug-likeness (QED) is 0.106. The van der Waals surface area contributed by atoms with E-state index in [1.54, 1.807) is 0 Å². The molecule has 0 amide bonds. The Morgan fingerprint density at radius 2 is 0.866 bits per heavy atom. The fourth-order valence-corrected chi connectivity index (χ4v) is 15.9. The third-order valence-corrected chi connectivity index (χ3v) is 19.0. The topological polar surface area (TPSA) is 16.4 Å². The van der Waals surface area contributed by atoms with E-state index in [0.29, 0.717) is 0 Å². The molecule has 0 unspecified atom stereocenters. The maximum Gasteiger partial charge on any atom is 0.179 e. The number of hydrogen-bond donors (Lipinski definition) is 0. The van der Waals surface area contributed by atoms with Crippen LogP contribution in [0.15, 0.2) is 241 Å². The number of rotatable bonds is 9. The zero-order valence-electron chi connectivity index (χ0n) is 36.9. The lowest BCUT2D eigenvalue weighted by Gasteiger charge is -2.34. The molecule has 0 fully saturated rings.